The van der Waals surface area contributed by atoms with Gasteiger partial charge in [-0.1, -0.05) is 43.7 Å². The molecule has 1 heterocycles. The molecule has 1 aromatic carbocycles. The Morgan fingerprint density at radius 2 is 1.85 bits per heavy atom. The Hall–Kier alpha value is -0.860. The summed E-state index contributed by atoms with van der Waals surface area (Å²) in [7, 11) is 0. The van der Waals surface area contributed by atoms with Crippen LogP contribution in [-0.4, -0.2) is 30.6 Å². The zero-order valence-electron chi connectivity index (χ0n) is 16.8. The molecule has 1 aromatic rings. The van der Waals surface area contributed by atoms with Crippen LogP contribution in [0, 0.1) is 11.3 Å². The smallest absolute Gasteiger partial charge is 0.00631 e. The number of hydrogen-bond donors (Lipinski definition) is 1. The summed E-state index contributed by atoms with van der Waals surface area (Å²) in [5.74, 6) is 0.918. The van der Waals surface area contributed by atoms with E-state index in [-0.39, 0.29) is 0 Å². The van der Waals surface area contributed by atoms with Gasteiger partial charge in [-0.2, -0.15) is 0 Å². The van der Waals surface area contributed by atoms with Crippen molar-refractivity contribution in [1.29, 1.82) is 0 Å². The van der Waals surface area contributed by atoms with E-state index in [0.717, 1.165) is 5.92 Å². The van der Waals surface area contributed by atoms with Gasteiger partial charge in [-0.05, 0) is 99.7 Å². The van der Waals surface area contributed by atoms with Crippen LogP contribution in [0.2, 0.25) is 0 Å². The summed E-state index contributed by atoms with van der Waals surface area (Å²) < 4.78 is 0. The molecule has 2 N–H and O–H groups in total. The number of piperidine rings is 1. The minimum Gasteiger partial charge on any atom is -0.328 e. The van der Waals surface area contributed by atoms with Crippen LogP contribution in [0.25, 0.3) is 0 Å². The lowest BCUT2D eigenvalue weighted by Crippen LogP contribution is -2.45. The first kappa shape index (κ1) is 18.5. The van der Waals surface area contributed by atoms with Gasteiger partial charge >= 0.3 is 0 Å². The third-order valence-electron chi connectivity index (χ3n) is 7.77. The van der Waals surface area contributed by atoms with Crippen molar-refractivity contribution in [2.24, 2.45) is 17.1 Å². The lowest BCUT2D eigenvalue weighted by Gasteiger charge is -2.54. The van der Waals surface area contributed by atoms with Crippen molar-refractivity contribution in [2.75, 3.05) is 19.6 Å². The van der Waals surface area contributed by atoms with Gasteiger partial charge in [0.25, 0.3) is 0 Å². The van der Waals surface area contributed by atoms with Gasteiger partial charge in [0.2, 0.25) is 0 Å². The molecule has 144 valence electrons. The van der Waals surface area contributed by atoms with Crippen LogP contribution in [0.4, 0.5) is 0 Å². The first-order valence-electron chi connectivity index (χ1n) is 11.1. The molecule has 0 aromatic heterocycles. The highest BCUT2D eigenvalue weighted by Gasteiger charge is 2.49. The second kappa shape index (κ2) is 7.64. The molecule has 3 aliphatic rings. The molecule has 1 aliphatic heterocycles. The van der Waals surface area contributed by atoms with E-state index in [4.69, 9.17) is 5.73 Å². The van der Waals surface area contributed by atoms with E-state index in [2.05, 4.69) is 42.2 Å². The van der Waals surface area contributed by atoms with Crippen LogP contribution in [0.5, 0.6) is 0 Å². The van der Waals surface area contributed by atoms with Gasteiger partial charge in [0.05, 0.1) is 0 Å². The number of likely N-dealkylation sites (tertiary alicyclic amines) is 1. The average molecular weight is 355 g/mol. The van der Waals surface area contributed by atoms with Crippen LogP contribution in [0.1, 0.15) is 76.7 Å². The second-order valence-corrected chi connectivity index (χ2v) is 10.1. The fraction of sp³-hybridized carbons (Fsp3) is 0.750. The van der Waals surface area contributed by atoms with Crippen molar-refractivity contribution >= 4 is 0 Å². The molecule has 3 unspecified atom stereocenters. The second-order valence-electron chi connectivity index (χ2n) is 10.1. The van der Waals surface area contributed by atoms with E-state index < -0.39 is 0 Å². The highest BCUT2D eigenvalue weighted by molar-refractivity contribution is 5.28. The third-order valence-corrected chi connectivity index (χ3v) is 7.77. The van der Waals surface area contributed by atoms with Gasteiger partial charge in [-0.15, -0.1) is 0 Å². The zero-order chi connectivity index (χ0) is 18.0. The van der Waals surface area contributed by atoms with Gasteiger partial charge < -0.3 is 10.6 Å². The maximum Gasteiger partial charge on any atom is 0.00631 e. The number of fused-ring (bicyclic) bond motifs is 2. The maximum absolute atomic E-state index is 6.05. The summed E-state index contributed by atoms with van der Waals surface area (Å²) in [6.45, 7) is 6.31. The summed E-state index contributed by atoms with van der Waals surface area (Å²) in [5.41, 5.74) is 8.72. The third kappa shape index (κ3) is 4.02. The van der Waals surface area contributed by atoms with Crippen molar-refractivity contribution in [3.8, 4) is 0 Å². The molecule has 3 fully saturated rings. The summed E-state index contributed by atoms with van der Waals surface area (Å²) in [6, 6.07) is 11.9. The van der Waals surface area contributed by atoms with E-state index >= 15 is 0 Å². The number of nitrogens with zero attached hydrogens (tertiary/aromatic N) is 1. The molecule has 2 saturated carbocycles. The van der Waals surface area contributed by atoms with Gasteiger partial charge in [0, 0.05) is 6.04 Å². The minimum atomic E-state index is 0.453. The summed E-state index contributed by atoms with van der Waals surface area (Å²) in [5, 5.41) is 0. The van der Waals surface area contributed by atoms with Crippen molar-refractivity contribution in [2.45, 2.75) is 82.6 Å². The topological polar surface area (TPSA) is 29.3 Å². The van der Waals surface area contributed by atoms with Crippen LogP contribution in [0.15, 0.2) is 30.3 Å². The molecule has 1 saturated heterocycles. The molecule has 2 aliphatic carbocycles. The Morgan fingerprint density at radius 3 is 2.62 bits per heavy atom. The van der Waals surface area contributed by atoms with Crippen LogP contribution in [-0.2, 0) is 5.41 Å². The van der Waals surface area contributed by atoms with E-state index in [9.17, 15) is 0 Å². The Bertz CT molecular complexity index is 577. The predicted molar refractivity (Wildman–Crippen MR) is 110 cm³/mol. The predicted octanol–water partition coefficient (Wildman–Crippen LogP) is 5.12. The molecule has 26 heavy (non-hydrogen) atoms. The highest BCUT2D eigenvalue weighted by Crippen LogP contribution is 2.58. The van der Waals surface area contributed by atoms with Crippen LogP contribution < -0.4 is 5.73 Å². The molecule has 2 bridgehead atoms. The number of hydrogen-bond acceptors (Lipinski definition) is 2. The SMILES string of the molecule is CC12CCCC(c3ccccc3)(CC(CCCN3CCC(N)CC3)C1)C2. The zero-order valence-corrected chi connectivity index (χ0v) is 16.8. The normalized spacial score (nSPS) is 36.2. The van der Waals surface area contributed by atoms with Gasteiger partial charge in [0.15, 0.2) is 0 Å². The molecule has 2 heteroatoms. The lowest BCUT2D eigenvalue weighted by atomic mass is 9.50. The first-order chi connectivity index (χ1) is 12.6. The van der Waals surface area contributed by atoms with E-state index in [0.29, 0.717) is 16.9 Å². The number of rotatable bonds is 5. The van der Waals surface area contributed by atoms with Gasteiger partial charge in [0.1, 0.15) is 0 Å². The lowest BCUT2D eigenvalue weighted by molar-refractivity contribution is 0.0250. The van der Waals surface area contributed by atoms with Crippen molar-refractivity contribution < 1.29 is 0 Å². The Kier molecular flexibility index (Phi) is 5.43. The summed E-state index contributed by atoms with van der Waals surface area (Å²) >= 11 is 0. The minimum absolute atomic E-state index is 0.453. The Labute approximate surface area is 160 Å². The fourth-order valence-electron chi connectivity index (χ4n) is 6.66. The summed E-state index contributed by atoms with van der Waals surface area (Å²) in [4.78, 5) is 2.65. The average Bonchev–Trinajstić information content (AvgIpc) is 2.63. The first-order valence-corrected chi connectivity index (χ1v) is 11.1. The largest absolute Gasteiger partial charge is 0.328 e. The van der Waals surface area contributed by atoms with Gasteiger partial charge in [-0.25, -0.2) is 0 Å². The standard InChI is InChI=1S/C24H38N2/c1-23-12-6-13-24(19-23,21-8-3-2-4-9-21)18-20(17-23)7-5-14-26-15-10-22(25)11-16-26/h2-4,8-9,20,22H,5-7,10-19,25H2,1H3. The number of benzene rings is 1. The maximum atomic E-state index is 6.05. The van der Waals surface area contributed by atoms with E-state index in [1.807, 2.05) is 0 Å². The Morgan fingerprint density at radius 1 is 1.08 bits per heavy atom. The molecule has 0 amide bonds. The molecular weight excluding hydrogens is 316 g/mol. The Balaban J connectivity index is 1.38. The van der Waals surface area contributed by atoms with Gasteiger partial charge in [-0.3, -0.25) is 0 Å². The molecule has 0 radical (unpaired) electrons. The fourth-order valence-corrected chi connectivity index (χ4v) is 6.66. The quantitative estimate of drug-likeness (QED) is 0.795. The van der Waals surface area contributed by atoms with Crippen LogP contribution >= 0.6 is 0 Å². The molecule has 4 rings (SSSR count). The van der Waals surface area contributed by atoms with E-state index in [1.165, 1.54) is 83.8 Å². The van der Waals surface area contributed by atoms with E-state index in [1.54, 1.807) is 5.56 Å². The molecule has 3 atom stereocenters. The molecule has 2 nitrogen and oxygen atoms in total. The molecular formula is C24H38N2. The molecule has 0 spiro atoms. The monoisotopic (exact) mass is 354 g/mol. The van der Waals surface area contributed by atoms with Crippen molar-refractivity contribution in [3.05, 3.63) is 35.9 Å². The summed E-state index contributed by atoms with van der Waals surface area (Å²) in [6.07, 6.45) is 13.8. The van der Waals surface area contributed by atoms with Crippen molar-refractivity contribution in [1.82, 2.24) is 4.90 Å². The van der Waals surface area contributed by atoms with Crippen molar-refractivity contribution in [3.63, 3.8) is 0 Å². The number of nitrogens with two attached hydrogens (primary N) is 1. The van der Waals surface area contributed by atoms with Crippen LogP contribution in [0.3, 0.4) is 0 Å². The highest BCUT2D eigenvalue weighted by atomic mass is 15.1.